The van der Waals surface area contributed by atoms with Gasteiger partial charge in [0, 0.05) is 36.7 Å². The van der Waals surface area contributed by atoms with Crippen molar-refractivity contribution in [1.82, 2.24) is 14.7 Å². The molecule has 0 spiro atoms. The molecule has 0 unspecified atom stereocenters. The molecule has 0 saturated carbocycles. The van der Waals surface area contributed by atoms with Crippen LogP contribution in [0.25, 0.3) is 0 Å². The second-order valence-corrected chi connectivity index (χ2v) is 8.00. The number of nitrogens with one attached hydrogen (secondary N) is 3. The Kier molecular flexibility index (Phi) is 8.68. The van der Waals surface area contributed by atoms with E-state index in [1.165, 1.54) is 6.92 Å². The van der Waals surface area contributed by atoms with Crippen LogP contribution < -0.4 is 20.7 Å². The molecule has 34 heavy (non-hydrogen) atoms. The smallest absolute Gasteiger partial charge is 0.344 e. The normalized spacial score (nSPS) is 10.6. The Morgan fingerprint density at radius 2 is 1.85 bits per heavy atom. The fourth-order valence-corrected chi connectivity index (χ4v) is 3.62. The zero-order chi connectivity index (χ0) is 24.5. The van der Waals surface area contributed by atoms with E-state index >= 15 is 0 Å². The van der Waals surface area contributed by atoms with Gasteiger partial charge in [0.2, 0.25) is 5.88 Å². The van der Waals surface area contributed by atoms with Crippen LogP contribution in [0.5, 0.6) is 5.88 Å². The van der Waals surface area contributed by atoms with Gasteiger partial charge in [-0.3, -0.25) is 10.3 Å². The van der Waals surface area contributed by atoms with Gasteiger partial charge in [0.1, 0.15) is 23.2 Å². The van der Waals surface area contributed by atoms with Crippen molar-refractivity contribution < 1.29 is 28.2 Å². The van der Waals surface area contributed by atoms with Gasteiger partial charge in [-0.05, 0) is 61.1 Å². The number of benzene rings is 1. The van der Waals surface area contributed by atoms with Gasteiger partial charge in [0.05, 0.1) is 0 Å². The largest absolute Gasteiger partial charge is 0.477 e. The number of unbranched alkanes of at least 4 members (excludes halogenated alkanes) is 1. The first-order chi connectivity index (χ1) is 16.3. The van der Waals surface area contributed by atoms with E-state index in [0.717, 1.165) is 30.8 Å². The van der Waals surface area contributed by atoms with Gasteiger partial charge in [-0.15, -0.1) is 0 Å². The molecule has 12 heteroatoms. The Morgan fingerprint density at radius 3 is 2.59 bits per heavy atom. The first-order valence-electron chi connectivity index (χ1n) is 10.3. The van der Waals surface area contributed by atoms with Crippen LogP contribution in [-0.4, -0.2) is 39.6 Å². The van der Waals surface area contributed by atoms with Crippen LogP contribution in [-0.2, 0) is 6.61 Å². The third-order valence-electron chi connectivity index (χ3n) is 4.69. The number of ether oxygens (including phenoxy) is 1. The number of carboxylic acid groups (broad SMARTS) is 1. The molecule has 2 heterocycles. The molecule has 3 aromatic rings. The number of aromatic nitrogens is 2. The molecule has 0 saturated heterocycles. The van der Waals surface area contributed by atoms with Gasteiger partial charge >= 0.3 is 12.0 Å². The first kappa shape index (κ1) is 24.8. The number of aromatic carboxylic acids is 1. The number of halogens is 2. The summed E-state index contributed by atoms with van der Waals surface area (Å²) in [4.78, 5) is 27.8. The highest BCUT2D eigenvalue weighted by Gasteiger charge is 2.24. The topological polar surface area (TPSA) is 125 Å². The third-order valence-corrected chi connectivity index (χ3v) is 5.44. The number of nitrogens with zero attached hydrogens (tertiary/aromatic N) is 2. The molecule has 0 atom stereocenters. The Hall–Kier alpha value is -3.80. The molecule has 0 aliphatic heterocycles. The summed E-state index contributed by atoms with van der Waals surface area (Å²) in [7, 11) is 0. The van der Waals surface area contributed by atoms with Crippen LogP contribution in [0.2, 0.25) is 0 Å². The van der Waals surface area contributed by atoms with Gasteiger partial charge in [0.25, 0.3) is 0 Å². The zero-order valence-electron chi connectivity index (χ0n) is 18.2. The van der Waals surface area contributed by atoms with Gasteiger partial charge in [-0.25, -0.2) is 18.4 Å². The van der Waals surface area contributed by atoms with Crippen LogP contribution in [0.3, 0.4) is 0 Å². The predicted molar refractivity (Wildman–Crippen MR) is 123 cm³/mol. The fraction of sp³-hybridized carbons (Fsp3) is 0.273. The number of carboxylic acids is 1. The van der Waals surface area contributed by atoms with Crippen molar-refractivity contribution in [3.8, 4) is 5.88 Å². The van der Waals surface area contributed by atoms with E-state index < -0.39 is 30.2 Å². The number of pyridine rings is 1. The van der Waals surface area contributed by atoms with E-state index in [2.05, 4.69) is 25.3 Å². The van der Waals surface area contributed by atoms with Crippen LogP contribution >= 0.6 is 11.5 Å². The number of rotatable bonds is 11. The molecular weight excluding hydrogens is 468 g/mol. The molecule has 180 valence electrons. The van der Waals surface area contributed by atoms with E-state index in [0.29, 0.717) is 24.5 Å². The highest BCUT2D eigenvalue weighted by molar-refractivity contribution is 7.11. The summed E-state index contributed by atoms with van der Waals surface area (Å²) >= 11 is 0.712. The van der Waals surface area contributed by atoms with E-state index in [9.17, 15) is 23.5 Å². The molecule has 0 aliphatic rings. The lowest BCUT2D eigenvalue weighted by Gasteiger charge is -2.09. The second kappa shape index (κ2) is 11.9. The molecule has 0 aliphatic carbocycles. The zero-order valence-corrected chi connectivity index (χ0v) is 19.0. The number of carbonyl (C=O) groups excluding carboxylic acids is 1. The predicted octanol–water partition coefficient (Wildman–Crippen LogP) is 4.42. The van der Waals surface area contributed by atoms with Crippen molar-refractivity contribution in [2.24, 2.45) is 0 Å². The van der Waals surface area contributed by atoms with Crippen molar-refractivity contribution in [3.63, 3.8) is 0 Å². The Morgan fingerprint density at radius 1 is 1.12 bits per heavy atom. The average molecular weight is 492 g/mol. The third kappa shape index (κ3) is 6.85. The number of hydrogen-bond donors (Lipinski definition) is 4. The summed E-state index contributed by atoms with van der Waals surface area (Å²) in [6.45, 7) is 2.10. The summed E-state index contributed by atoms with van der Waals surface area (Å²) in [5.74, 6) is -2.96. The minimum atomic E-state index is -1.38. The molecule has 2 amide bonds. The quantitative estimate of drug-likeness (QED) is 0.293. The summed E-state index contributed by atoms with van der Waals surface area (Å²) in [6, 6.07) is 5.13. The van der Waals surface area contributed by atoms with Crippen molar-refractivity contribution in [3.05, 3.63) is 65.0 Å². The average Bonchev–Trinajstić information content (AvgIpc) is 3.21. The molecule has 0 bridgehead atoms. The first-order valence-corrected chi connectivity index (χ1v) is 11.1. The maximum Gasteiger partial charge on any atom is 0.344 e. The fourth-order valence-electron chi connectivity index (χ4n) is 2.89. The molecule has 0 radical (unpaired) electrons. The summed E-state index contributed by atoms with van der Waals surface area (Å²) in [5.41, 5.74) is 0.650. The van der Waals surface area contributed by atoms with Gasteiger partial charge in [0.15, 0.2) is 5.56 Å². The Bertz CT molecular complexity index is 1140. The van der Waals surface area contributed by atoms with Crippen molar-refractivity contribution in [2.75, 3.05) is 23.7 Å². The van der Waals surface area contributed by atoms with Gasteiger partial charge in [-0.1, -0.05) is 0 Å². The van der Waals surface area contributed by atoms with Crippen LogP contribution in [0.4, 0.5) is 24.3 Å². The number of aryl methyl sites for hydroxylation is 1. The minimum Gasteiger partial charge on any atom is -0.477 e. The number of carbonyl (C=O) groups is 2. The molecule has 0 fully saturated rings. The Balaban J connectivity index is 1.48. The second-order valence-electron chi connectivity index (χ2n) is 7.23. The van der Waals surface area contributed by atoms with Crippen molar-refractivity contribution >= 4 is 34.2 Å². The number of hydrogen-bond acceptors (Lipinski definition) is 7. The molecule has 4 N–H and O–H groups in total. The molecule has 2 aromatic heterocycles. The monoisotopic (exact) mass is 491 g/mol. The van der Waals surface area contributed by atoms with Crippen LogP contribution in [0.15, 0.2) is 36.7 Å². The minimum absolute atomic E-state index is 0.0325. The van der Waals surface area contributed by atoms with E-state index in [4.69, 9.17) is 4.74 Å². The molecule has 9 nitrogen and oxygen atoms in total. The molecule has 3 rings (SSSR count). The van der Waals surface area contributed by atoms with Crippen LogP contribution in [0, 0.1) is 18.6 Å². The van der Waals surface area contributed by atoms with Gasteiger partial charge < -0.3 is 20.5 Å². The number of amides is 2. The number of anilines is 2. The molecular formula is C22H23F2N5O4S. The molecule has 1 aromatic carbocycles. The summed E-state index contributed by atoms with van der Waals surface area (Å²) in [5, 5.41) is 17.8. The van der Waals surface area contributed by atoms with E-state index in [-0.39, 0.29) is 27.6 Å². The van der Waals surface area contributed by atoms with Crippen molar-refractivity contribution in [2.45, 2.75) is 26.4 Å². The summed E-state index contributed by atoms with van der Waals surface area (Å²) in [6.07, 6.45) is 4.89. The van der Waals surface area contributed by atoms with E-state index in [1.54, 1.807) is 12.4 Å². The van der Waals surface area contributed by atoms with Crippen molar-refractivity contribution in [1.29, 1.82) is 0 Å². The lowest BCUT2D eigenvalue weighted by molar-refractivity contribution is 0.0693. The lowest BCUT2D eigenvalue weighted by Crippen LogP contribution is -2.30. The highest BCUT2D eigenvalue weighted by Crippen LogP contribution is 2.31. The lowest BCUT2D eigenvalue weighted by atomic mass is 10.1. The number of urea groups is 1. The SMILES string of the molecule is Cc1cc(F)c(COc2nsc(NC(=O)NCCCCNc3ccncc3)c2C(=O)O)cc1F. The van der Waals surface area contributed by atoms with Gasteiger partial charge in [-0.2, -0.15) is 4.37 Å². The van der Waals surface area contributed by atoms with E-state index in [1.807, 2.05) is 12.1 Å². The Labute approximate surface area is 198 Å². The maximum absolute atomic E-state index is 14.0. The van der Waals surface area contributed by atoms with Crippen LogP contribution in [0.1, 0.15) is 34.3 Å². The standard InChI is InChI=1S/C22H23F2N5O4S/c1-13-10-17(24)14(11-16(13)23)12-33-19-18(21(30)31)20(34-29-19)28-22(32)27-7-3-2-6-26-15-4-8-25-9-5-15/h4-5,8-11H,2-3,6-7,12H2,1H3,(H,25,26)(H,30,31)(H2,27,28,32). The maximum atomic E-state index is 14.0. The summed E-state index contributed by atoms with van der Waals surface area (Å²) < 4.78 is 36.9. The highest BCUT2D eigenvalue weighted by atomic mass is 32.1.